The molecule has 1 saturated carbocycles. The normalized spacial score (nSPS) is 17.5. The summed E-state index contributed by atoms with van der Waals surface area (Å²) in [5.41, 5.74) is 0.365. The SMILES string of the molecule is COc1cc(OC)cc(C(=O)NC(C(=O)N2CCN(C(=O)C3CC3)CC2)C(C)C)c1. The lowest BCUT2D eigenvalue weighted by molar-refractivity contribution is -0.141. The van der Waals surface area contributed by atoms with E-state index in [0.717, 1.165) is 12.8 Å². The summed E-state index contributed by atoms with van der Waals surface area (Å²) in [5, 5.41) is 2.87. The lowest BCUT2D eigenvalue weighted by Crippen LogP contribution is -2.57. The molecule has 1 N–H and O–H groups in total. The lowest BCUT2D eigenvalue weighted by atomic mass is 10.0. The van der Waals surface area contributed by atoms with E-state index in [9.17, 15) is 14.4 Å². The monoisotopic (exact) mass is 417 g/mol. The Morgan fingerprint density at radius 2 is 1.47 bits per heavy atom. The first-order valence-electron chi connectivity index (χ1n) is 10.5. The van der Waals surface area contributed by atoms with Crippen LogP contribution in [0.2, 0.25) is 0 Å². The van der Waals surface area contributed by atoms with Crippen LogP contribution in [0.5, 0.6) is 11.5 Å². The van der Waals surface area contributed by atoms with E-state index < -0.39 is 6.04 Å². The number of carbonyl (C=O) groups excluding carboxylic acids is 3. The second-order valence-corrected chi connectivity index (χ2v) is 8.22. The van der Waals surface area contributed by atoms with Gasteiger partial charge in [0, 0.05) is 43.7 Å². The quantitative estimate of drug-likeness (QED) is 0.727. The van der Waals surface area contributed by atoms with Crippen LogP contribution in [-0.2, 0) is 9.59 Å². The third-order valence-electron chi connectivity index (χ3n) is 5.66. The number of ether oxygens (including phenoxy) is 2. The number of hydrogen-bond donors (Lipinski definition) is 1. The fraction of sp³-hybridized carbons (Fsp3) is 0.591. The smallest absolute Gasteiger partial charge is 0.252 e. The fourth-order valence-corrected chi connectivity index (χ4v) is 3.61. The summed E-state index contributed by atoms with van der Waals surface area (Å²) in [6, 6.07) is 4.26. The van der Waals surface area contributed by atoms with Gasteiger partial charge in [0.15, 0.2) is 0 Å². The van der Waals surface area contributed by atoms with Crippen molar-refractivity contribution >= 4 is 17.7 Å². The van der Waals surface area contributed by atoms with Crippen molar-refractivity contribution in [3.05, 3.63) is 23.8 Å². The third kappa shape index (κ3) is 5.04. The number of rotatable bonds is 7. The van der Waals surface area contributed by atoms with Crippen molar-refractivity contribution < 1.29 is 23.9 Å². The number of methoxy groups -OCH3 is 2. The van der Waals surface area contributed by atoms with Gasteiger partial charge in [-0.15, -0.1) is 0 Å². The number of piperazine rings is 1. The van der Waals surface area contributed by atoms with Gasteiger partial charge in [-0.3, -0.25) is 14.4 Å². The van der Waals surface area contributed by atoms with Crippen LogP contribution in [0, 0.1) is 11.8 Å². The average molecular weight is 418 g/mol. The second kappa shape index (κ2) is 9.36. The molecule has 3 rings (SSSR count). The molecule has 1 aromatic carbocycles. The summed E-state index contributed by atoms with van der Waals surface area (Å²) in [6.45, 7) is 5.89. The van der Waals surface area contributed by atoms with E-state index in [1.54, 1.807) is 23.1 Å². The van der Waals surface area contributed by atoms with E-state index in [0.29, 0.717) is 43.2 Å². The van der Waals surface area contributed by atoms with Crippen LogP contribution < -0.4 is 14.8 Å². The summed E-state index contributed by atoms with van der Waals surface area (Å²) in [4.78, 5) is 41.8. The van der Waals surface area contributed by atoms with Crippen molar-refractivity contribution in [3.8, 4) is 11.5 Å². The number of hydrogen-bond acceptors (Lipinski definition) is 5. The van der Waals surface area contributed by atoms with Crippen molar-refractivity contribution in [1.82, 2.24) is 15.1 Å². The van der Waals surface area contributed by atoms with Gasteiger partial charge in [0.05, 0.1) is 14.2 Å². The van der Waals surface area contributed by atoms with Gasteiger partial charge in [0.1, 0.15) is 17.5 Å². The highest BCUT2D eigenvalue weighted by Crippen LogP contribution is 2.31. The molecule has 0 radical (unpaired) electrons. The lowest BCUT2D eigenvalue weighted by Gasteiger charge is -2.37. The Morgan fingerprint density at radius 1 is 0.933 bits per heavy atom. The summed E-state index contributed by atoms with van der Waals surface area (Å²) >= 11 is 0. The molecule has 1 heterocycles. The highest BCUT2D eigenvalue weighted by Gasteiger charge is 2.36. The van der Waals surface area contributed by atoms with Crippen LogP contribution in [0.1, 0.15) is 37.0 Å². The first-order valence-corrected chi connectivity index (χ1v) is 10.5. The predicted octanol–water partition coefficient (Wildman–Crippen LogP) is 1.54. The maximum atomic E-state index is 13.1. The Morgan fingerprint density at radius 3 is 1.93 bits per heavy atom. The van der Waals surface area contributed by atoms with Gasteiger partial charge in [-0.25, -0.2) is 0 Å². The summed E-state index contributed by atoms with van der Waals surface area (Å²) in [7, 11) is 3.04. The van der Waals surface area contributed by atoms with E-state index in [4.69, 9.17) is 9.47 Å². The minimum Gasteiger partial charge on any atom is -0.497 e. The highest BCUT2D eigenvalue weighted by molar-refractivity contribution is 5.98. The van der Waals surface area contributed by atoms with Crippen LogP contribution >= 0.6 is 0 Å². The maximum Gasteiger partial charge on any atom is 0.252 e. The van der Waals surface area contributed by atoms with Gasteiger partial charge in [-0.2, -0.15) is 0 Å². The van der Waals surface area contributed by atoms with Crippen molar-refractivity contribution in [2.75, 3.05) is 40.4 Å². The summed E-state index contributed by atoms with van der Waals surface area (Å²) in [6.07, 6.45) is 1.96. The van der Waals surface area contributed by atoms with E-state index in [2.05, 4.69) is 5.32 Å². The zero-order valence-corrected chi connectivity index (χ0v) is 18.1. The third-order valence-corrected chi connectivity index (χ3v) is 5.66. The van der Waals surface area contributed by atoms with Crippen molar-refractivity contribution in [3.63, 3.8) is 0 Å². The molecule has 1 aliphatic carbocycles. The van der Waals surface area contributed by atoms with Crippen molar-refractivity contribution in [2.24, 2.45) is 11.8 Å². The first-order chi connectivity index (χ1) is 14.3. The Hall–Kier alpha value is -2.77. The standard InChI is InChI=1S/C22H31N3O5/c1-14(2)19(23-20(26)16-11-17(29-3)13-18(12-16)30-4)22(28)25-9-7-24(8-10-25)21(27)15-5-6-15/h11-15,19H,5-10H2,1-4H3,(H,23,26). The molecule has 1 unspecified atom stereocenters. The molecule has 8 heteroatoms. The number of amides is 3. The highest BCUT2D eigenvalue weighted by atomic mass is 16.5. The molecule has 2 fully saturated rings. The molecule has 164 valence electrons. The van der Waals surface area contributed by atoms with Gasteiger partial charge < -0.3 is 24.6 Å². The largest absolute Gasteiger partial charge is 0.497 e. The molecule has 8 nitrogen and oxygen atoms in total. The Balaban J connectivity index is 1.65. The van der Waals surface area contributed by atoms with Gasteiger partial charge >= 0.3 is 0 Å². The van der Waals surface area contributed by atoms with Gasteiger partial charge in [0.2, 0.25) is 11.8 Å². The molecular weight excluding hydrogens is 386 g/mol. The number of nitrogens with one attached hydrogen (secondary N) is 1. The van der Waals surface area contributed by atoms with E-state index in [1.807, 2.05) is 18.7 Å². The van der Waals surface area contributed by atoms with Crippen molar-refractivity contribution in [1.29, 1.82) is 0 Å². The second-order valence-electron chi connectivity index (χ2n) is 8.22. The molecule has 2 aliphatic rings. The molecule has 1 aliphatic heterocycles. The number of nitrogens with zero attached hydrogens (tertiary/aromatic N) is 2. The van der Waals surface area contributed by atoms with Crippen LogP contribution in [0.15, 0.2) is 18.2 Å². The molecule has 3 amide bonds. The van der Waals surface area contributed by atoms with Crippen molar-refractivity contribution in [2.45, 2.75) is 32.7 Å². The van der Waals surface area contributed by atoms with Crippen LogP contribution in [0.25, 0.3) is 0 Å². The van der Waals surface area contributed by atoms with Crippen LogP contribution in [0.4, 0.5) is 0 Å². The zero-order valence-electron chi connectivity index (χ0n) is 18.1. The van der Waals surface area contributed by atoms with Gasteiger partial charge in [0.25, 0.3) is 5.91 Å². The molecule has 30 heavy (non-hydrogen) atoms. The van der Waals surface area contributed by atoms with E-state index >= 15 is 0 Å². The van der Waals surface area contributed by atoms with E-state index in [-0.39, 0.29) is 29.6 Å². The van der Waals surface area contributed by atoms with Crippen LogP contribution in [0.3, 0.4) is 0 Å². The van der Waals surface area contributed by atoms with Gasteiger partial charge in [-0.1, -0.05) is 13.8 Å². The molecule has 0 bridgehead atoms. The number of benzene rings is 1. The Kier molecular flexibility index (Phi) is 6.84. The predicted molar refractivity (Wildman–Crippen MR) is 112 cm³/mol. The molecule has 1 atom stereocenters. The minimum atomic E-state index is -0.652. The molecule has 0 spiro atoms. The Labute approximate surface area is 177 Å². The van der Waals surface area contributed by atoms with E-state index in [1.165, 1.54) is 14.2 Å². The molecular formula is C22H31N3O5. The average Bonchev–Trinajstić information content (AvgIpc) is 3.61. The summed E-state index contributed by atoms with van der Waals surface area (Å²) < 4.78 is 10.5. The molecule has 0 aromatic heterocycles. The van der Waals surface area contributed by atoms with Crippen LogP contribution in [-0.4, -0.2) is 74.0 Å². The Bertz CT molecular complexity index is 776. The molecule has 1 saturated heterocycles. The fourth-order valence-electron chi connectivity index (χ4n) is 3.61. The zero-order chi connectivity index (χ0) is 21.8. The summed E-state index contributed by atoms with van der Waals surface area (Å²) in [5.74, 6) is 0.845. The topological polar surface area (TPSA) is 88.2 Å². The first kappa shape index (κ1) is 21.9. The number of carbonyl (C=O) groups is 3. The molecule has 1 aromatic rings. The minimum absolute atomic E-state index is 0.0833. The maximum absolute atomic E-state index is 13.1. The van der Waals surface area contributed by atoms with Gasteiger partial charge in [-0.05, 0) is 30.9 Å².